The minimum absolute atomic E-state index is 0.0521. The van der Waals surface area contributed by atoms with Crippen molar-refractivity contribution < 1.29 is 4.74 Å². The Labute approximate surface area is 139 Å². The lowest BCUT2D eigenvalue weighted by atomic mass is 10.0. The largest absolute Gasteiger partial charge is 0.378 e. The molecule has 0 bridgehead atoms. The van der Waals surface area contributed by atoms with Crippen LogP contribution in [0.15, 0.2) is 29.1 Å². The molecule has 1 saturated heterocycles. The Balaban J connectivity index is 1.90. The molecule has 7 heteroatoms. The van der Waals surface area contributed by atoms with Crippen LogP contribution >= 0.6 is 0 Å². The molecule has 1 aliphatic heterocycles. The summed E-state index contributed by atoms with van der Waals surface area (Å²) in [7, 11) is 1.74. The van der Waals surface area contributed by atoms with Gasteiger partial charge in [-0.3, -0.25) is 18.7 Å². The van der Waals surface area contributed by atoms with Gasteiger partial charge in [-0.2, -0.15) is 0 Å². The number of morpholine rings is 1. The number of rotatable bonds is 2. The maximum absolute atomic E-state index is 12.5. The van der Waals surface area contributed by atoms with Crippen LogP contribution in [0.25, 0.3) is 16.7 Å². The van der Waals surface area contributed by atoms with Gasteiger partial charge in [0.25, 0.3) is 5.56 Å². The highest BCUT2D eigenvalue weighted by atomic mass is 16.5. The maximum Gasteiger partial charge on any atom is 0.262 e. The summed E-state index contributed by atoms with van der Waals surface area (Å²) in [5, 5.41) is 9.31. The summed E-state index contributed by atoms with van der Waals surface area (Å²) < 4.78 is 9.14. The predicted octanol–water partition coefficient (Wildman–Crippen LogP) is 1.19. The first-order valence-corrected chi connectivity index (χ1v) is 8.13. The van der Waals surface area contributed by atoms with Crippen molar-refractivity contribution >= 4 is 16.7 Å². The number of para-hydroxylation sites is 1. The number of nitrogens with zero attached hydrogens (tertiary/aromatic N) is 5. The molecule has 1 fully saturated rings. The van der Waals surface area contributed by atoms with E-state index >= 15 is 0 Å². The molecule has 4 rings (SSSR count). The van der Waals surface area contributed by atoms with Gasteiger partial charge >= 0.3 is 0 Å². The van der Waals surface area contributed by atoms with Crippen molar-refractivity contribution in [3.63, 3.8) is 0 Å². The van der Waals surface area contributed by atoms with E-state index in [2.05, 4.69) is 28.9 Å². The second-order valence-corrected chi connectivity index (χ2v) is 6.92. The van der Waals surface area contributed by atoms with Crippen molar-refractivity contribution in [1.29, 1.82) is 0 Å². The lowest BCUT2D eigenvalue weighted by molar-refractivity contribution is -0.0564. The molecule has 0 aliphatic carbocycles. The van der Waals surface area contributed by atoms with Gasteiger partial charge < -0.3 is 4.74 Å². The van der Waals surface area contributed by atoms with E-state index < -0.39 is 0 Å². The third kappa shape index (κ3) is 2.23. The molecule has 0 spiro atoms. The molecule has 2 aromatic heterocycles. The quantitative estimate of drug-likeness (QED) is 0.707. The fourth-order valence-electron chi connectivity index (χ4n) is 3.35. The van der Waals surface area contributed by atoms with Crippen LogP contribution in [0.3, 0.4) is 0 Å². The molecule has 0 saturated carbocycles. The lowest BCUT2D eigenvalue weighted by Gasteiger charge is -2.41. The molecule has 0 radical (unpaired) electrons. The second kappa shape index (κ2) is 5.39. The van der Waals surface area contributed by atoms with Gasteiger partial charge in [-0.05, 0) is 26.0 Å². The number of fused-ring (bicyclic) bond motifs is 3. The first-order chi connectivity index (χ1) is 11.5. The third-order valence-electron chi connectivity index (χ3n) is 4.84. The molecule has 0 amide bonds. The van der Waals surface area contributed by atoms with Gasteiger partial charge in [-0.1, -0.05) is 12.1 Å². The molecule has 7 nitrogen and oxygen atoms in total. The Morgan fingerprint density at radius 2 is 2.04 bits per heavy atom. The molecule has 1 aliphatic rings. The molecular formula is C17H21N5O2. The van der Waals surface area contributed by atoms with E-state index in [9.17, 15) is 4.79 Å². The fourth-order valence-corrected chi connectivity index (χ4v) is 3.35. The van der Waals surface area contributed by atoms with E-state index in [1.165, 1.54) is 0 Å². The van der Waals surface area contributed by atoms with E-state index in [0.29, 0.717) is 24.3 Å². The second-order valence-electron chi connectivity index (χ2n) is 6.92. The zero-order chi connectivity index (χ0) is 16.9. The topological polar surface area (TPSA) is 64.7 Å². The lowest BCUT2D eigenvalue weighted by Crippen LogP contribution is -2.52. The number of aryl methyl sites for hydroxylation is 1. The van der Waals surface area contributed by atoms with Crippen LogP contribution < -0.4 is 5.56 Å². The van der Waals surface area contributed by atoms with Crippen LogP contribution in [0.2, 0.25) is 0 Å². The van der Waals surface area contributed by atoms with Gasteiger partial charge in [0, 0.05) is 19.1 Å². The highest BCUT2D eigenvalue weighted by molar-refractivity contribution is 5.80. The first-order valence-electron chi connectivity index (χ1n) is 8.13. The normalized spacial score (nSPS) is 18.5. The number of hydrogen-bond acceptors (Lipinski definition) is 5. The van der Waals surface area contributed by atoms with Crippen molar-refractivity contribution in [2.24, 2.45) is 7.05 Å². The van der Waals surface area contributed by atoms with E-state index in [0.717, 1.165) is 24.5 Å². The number of ether oxygens (including phenoxy) is 1. The van der Waals surface area contributed by atoms with Gasteiger partial charge in [-0.25, -0.2) is 0 Å². The van der Waals surface area contributed by atoms with Crippen molar-refractivity contribution in [3.05, 3.63) is 40.4 Å². The van der Waals surface area contributed by atoms with Crippen LogP contribution in [0, 0.1) is 0 Å². The molecule has 0 unspecified atom stereocenters. The molecule has 126 valence electrons. The summed E-state index contributed by atoms with van der Waals surface area (Å²) in [4.78, 5) is 14.9. The summed E-state index contributed by atoms with van der Waals surface area (Å²) in [6.45, 7) is 7.28. The molecular weight excluding hydrogens is 306 g/mol. The standard InChI is InChI=1S/C17H21N5O2/c1-17(2)11-24-9-8-21(17)10-14-18-19-16-20(3)15(23)12-6-4-5-7-13(12)22(14)16/h4-7H,8-11H2,1-3H3. The number of aromatic nitrogens is 4. The van der Waals surface area contributed by atoms with Gasteiger partial charge in [0.05, 0.1) is 30.7 Å². The summed E-state index contributed by atoms with van der Waals surface area (Å²) >= 11 is 0. The van der Waals surface area contributed by atoms with E-state index in [4.69, 9.17) is 4.74 Å². The number of hydrogen-bond donors (Lipinski definition) is 0. The van der Waals surface area contributed by atoms with Crippen molar-refractivity contribution in [3.8, 4) is 0 Å². The minimum Gasteiger partial charge on any atom is -0.378 e. The Kier molecular flexibility index (Phi) is 3.43. The average molecular weight is 327 g/mol. The average Bonchev–Trinajstić information content (AvgIpc) is 2.98. The van der Waals surface area contributed by atoms with Gasteiger partial charge in [0.2, 0.25) is 5.78 Å². The molecule has 1 aromatic carbocycles. The van der Waals surface area contributed by atoms with Crippen LogP contribution in [0.5, 0.6) is 0 Å². The summed E-state index contributed by atoms with van der Waals surface area (Å²) in [5.41, 5.74) is 0.742. The van der Waals surface area contributed by atoms with Gasteiger partial charge in [0.15, 0.2) is 5.82 Å². The van der Waals surface area contributed by atoms with Crippen LogP contribution in [0.4, 0.5) is 0 Å². The predicted molar refractivity (Wildman–Crippen MR) is 91.0 cm³/mol. The van der Waals surface area contributed by atoms with Crippen molar-refractivity contribution in [2.45, 2.75) is 25.9 Å². The highest BCUT2D eigenvalue weighted by Gasteiger charge is 2.31. The smallest absolute Gasteiger partial charge is 0.262 e. The Morgan fingerprint density at radius 1 is 1.25 bits per heavy atom. The monoisotopic (exact) mass is 327 g/mol. The Morgan fingerprint density at radius 3 is 2.83 bits per heavy atom. The molecule has 3 aromatic rings. The van der Waals surface area contributed by atoms with Gasteiger partial charge in [-0.15, -0.1) is 10.2 Å². The van der Waals surface area contributed by atoms with Crippen LogP contribution in [-0.2, 0) is 18.3 Å². The van der Waals surface area contributed by atoms with Crippen molar-refractivity contribution in [2.75, 3.05) is 19.8 Å². The SMILES string of the molecule is Cn1c(=O)c2ccccc2n2c(CN3CCOCC3(C)C)nnc12. The molecule has 3 heterocycles. The Bertz CT molecular complexity index is 972. The molecule has 24 heavy (non-hydrogen) atoms. The fraction of sp³-hybridized carbons (Fsp3) is 0.471. The molecule has 0 atom stereocenters. The molecule has 0 N–H and O–H groups in total. The summed E-state index contributed by atoms with van der Waals surface area (Å²) in [6.07, 6.45) is 0. The van der Waals surface area contributed by atoms with Crippen molar-refractivity contribution in [1.82, 2.24) is 24.1 Å². The maximum atomic E-state index is 12.5. The summed E-state index contributed by atoms with van der Waals surface area (Å²) in [6, 6.07) is 7.61. The van der Waals surface area contributed by atoms with E-state index in [-0.39, 0.29) is 11.1 Å². The minimum atomic E-state index is -0.0550. The van der Waals surface area contributed by atoms with Crippen LogP contribution in [0.1, 0.15) is 19.7 Å². The third-order valence-corrected chi connectivity index (χ3v) is 4.84. The van der Waals surface area contributed by atoms with Gasteiger partial charge in [0.1, 0.15) is 0 Å². The Hall–Kier alpha value is -2.25. The highest BCUT2D eigenvalue weighted by Crippen LogP contribution is 2.22. The van der Waals surface area contributed by atoms with Crippen LogP contribution in [-0.4, -0.2) is 49.4 Å². The zero-order valence-corrected chi connectivity index (χ0v) is 14.2. The first kappa shape index (κ1) is 15.3. The number of benzene rings is 1. The zero-order valence-electron chi connectivity index (χ0n) is 14.2. The van der Waals surface area contributed by atoms with E-state index in [1.54, 1.807) is 11.6 Å². The summed E-state index contributed by atoms with van der Waals surface area (Å²) in [5.74, 6) is 1.41. The van der Waals surface area contributed by atoms with E-state index in [1.807, 2.05) is 28.7 Å².